The van der Waals surface area contributed by atoms with Crippen LogP contribution in [0.25, 0.3) is 0 Å². The Morgan fingerprint density at radius 2 is 1.88 bits per heavy atom. The van der Waals surface area contributed by atoms with Crippen LogP contribution >= 0.6 is 0 Å². The van der Waals surface area contributed by atoms with Crippen molar-refractivity contribution < 1.29 is 9.59 Å². The van der Waals surface area contributed by atoms with E-state index in [1.54, 1.807) is 0 Å². The van der Waals surface area contributed by atoms with Gasteiger partial charge in [0.05, 0.1) is 0 Å². The van der Waals surface area contributed by atoms with E-state index < -0.39 is 5.54 Å². The van der Waals surface area contributed by atoms with Crippen LogP contribution in [0.2, 0.25) is 0 Å². The number of nitrogens with two attached hydrogens (primary N) is 1. The predicted molar refractivity (Wildman–Crippen MR) is 61.7 cm³/mol. The van der Waals surface area contributed by atoms with Crippen molar-refractivity contribution in [2.75, 3.05) is 13.1 Å². The second-order valence-corrected chi connectivity index (χ2v) is 4.37. The van der Waals surface area contributed by atoms with Crippen molar-refractivity contribution in [3.8, 4) is 0 Å². The lowest BCUT2D eigenvalue weighted by atomic mass is 9.80. The summed E-state index contributed by atoms with van der Waals surface area (Å²) in [7, 11) is 0. The molecule has 1 aliphatic carbocycles. The summed E-state index contributed by atoms with van der Waals surface area (Å²) >= 11 is 0. The number of carbonyl (C=O) groups excluding carboxylic acids is 2. The maximum atomic E-state index is 12.0. The van der Waals surface area contributed by atoms with Crippen molar-refractivity contribution in [2.45, 2.75) is 44.6 Å². The fraction of sp³-hybridized carbons (Fsp3) is 0.818. The molecule has 1 aliphatic rings. The lowest BCUT2D eigenvalue weighted by Gasteiger charge is -2.36. The van der Waals surface area contributed by atoms with Gasteiger partial charge in [0.2, 0.25) is 11.8 Å². The normalized spacial score (nSPS) is 18.9. The van der Waals surface area contributed by atoms with Crippen molar-refractivity contribution in [3.63, 3.8) is 0 Å². The zero-order valence-corrected chi connectivity index (χ0v) is 9.84. The first kappa shape index (κ1) is 13.0. The lowest BCUT2D eigenvalue weighted by molar-refractivity contribution is -0.134. The quantitative estimate of drug-likeness (QED) is 0.627. The van der Waals surface area contributed by atoms with Gasteiger partial charge in [0.15, 0.2) is 0 Å². The van der Waals surface area contributed by atoms with Crippen LogP contribution in [-0.2, 0) is 9.59 Å². The summed E-state index contributed by atoms with van der Waals surface area (Å²) < 4.78 is 0. The summed E-state index contributed by atoms with van der Waals surface area (Å²) in [4.78, 5) is 23.2. The number of rotatable bonds is 4. The molecule has 0 spiro atoms. The molecule has 0 bridgehead atoms. The van der Waals surface area contributed by atoms with Gasteiger partial charge < -0.3 is 16.4 Å². The molecule has 16 heavy (non-hydrogen) atoms. The van der Waals surface area contributed by atoms with Gasteiger partial charge in [-0.3, -0.25) is 9.59 Å². The Morgan fingerprint density at radius 1 is 1.25 bits per heavy atom. The third kappa shape index (κ3) is 3.20. The lowest BCUT2D eigenvalue weighted by Crippen LogP contribution is -2.59. The summed E-state index contributed by atoms with van der Waals surface area (Å²) in [6.07, 6.45) is 4.55. The number of hydrogen-bond donors (Lipinski definition) is 3. The fourth-order valence-corrected chi connectivity index (χ4v) is 2.26. The smallest absolute Gasteiger partial charge is 0.245 e. The van der Waals surface area contributed by atoms with Crippen LogP contribution in [-0.4, -0.2) is 30.4 Å². The number of hydrogen-bond acceptors (Lipinski definition) is 3. The summed E-state index contributed by atoms with van der Waals surface area (Å²) in [5, 5.41) is 5.58. The Hall–Kier alpha value is -1.10. The van der Waals surface area contributed by atoms with Gasteiger partial charge in [-0.1, -0.05) is 19.3 Å². The highest BCUT2D eigenvalue weighted by Crippen LogP contribution is 2.28. The fourth-order valence-electron chi connectivity index (χ4n) is 2.26. The van der Waals surface area contributed by atoms with Crippen molar-refractivity contribution in [3.05, 3.63) is 0 Å². The zero-order chi connectivity index (χ0) is 12.0. The minimum Gasteiger partial charge on any atom is -0.353 e. The van der Waals surface area contributed by atoms with E-state index in [1.165, 1.54) is 6.92 Å². The molecule has 2 amide bonds. The minimum absolute atomic E-state index is 0.0900. The molecule has 0 unspecified atom stereocenters. The standard InChI is InChI=1S/C11H21N3O2/c1-9(15)14-11(5-3-2-4-6-11)10(16)13-8-7-12/h2-8,12H2,1H3,(H,13,16)(H,14,15). The van der Waals surface area contributed by atoms with Crippen LogP contribution in [0.4, 0.5) is 0 Å². The largest absolute Gasteiger partial charge is 0.353 e. The average molecular weight is 227 g/mol. The molecule has 0 aromatic carbocycles. The first-order valence-corrected chi connectivity index (χ1v) is 5.88. The Balaban J connectivity index is 2.68. The minimum atomic E-state index is -0.695. The van der Waals surface area contributed by atoms with Gasteiger partial charge in [0, 0.05) is 20.0 Å². The summed E-state index contributed by atoms with van der Waals surface area (Å²) in [5.41, 5.74) is 4.65. The van der Waals surface area contributed by atoms with E-state index in [4.69, 9.17) is 5.73 Å². The summed E-state index contributed by atoms with van der Waals surface area (Å²) in [6, 6.07) is 0. The van der Waals surface area contributed by atoms with E-state index >= 15 is 0 Å². The van der Waals surface area contributed by atoms with Crippen LogP contribution in [0, 0.1) is 0 Å². The molecule has 1 saturated carbocycles. The summed E-state index contributed by atoms with van der Waals surface area (Å²) in [5.74, 6) is -0.238. The Bertz CT molecular complexity index is 260. The van der Waals surface area contributed by atoms with Gasteiger partial charge in [-0.05, 0) is 12.8 Å². The molecule has 5 nitrogen and oxygen atoms in total. The van der Waals surface area contributed by atoms with E-state index in [9.17, 15) is 9.59 Å². The summed E-state index contributed by atoms with van der Waals surface area (Å²) in [6.45, 7) is 2.33. The third-order valence-electron chi connectivity index (χ3n) is 2.99. The molecule has 0 radical (unpaired) electrons. The SMILES string of the molecule is CC(=O)NC1(C(=O)NCCN)CCCCC1. The van der Waals surface area contributed by atoms with Crippen LogP contribution < -0.4 is 16.4 Å². The molecule has 0 heterocycles. The zero-order valence-electron chi connectivity index (χ0n) is 9.84. The highest BCUT2D eigenvalue weighted by Gasteiger charge is 2.39. The van der Waals surface area contributed by atoms with Crippen molar-refractivity contribution in [2.24, 2.45) is 5.73 Å². The van der Waals surface area contributed by atoms with Crippen LogP contribution in [0.3, 0.4) is 0 Å². The maximum Gasteiger partial charge on any atom is 0.245 e. The van der Waals surface area contributed by atoms with Crippen LogP contribution in [0.5, 0.6) is 0 Å². The highest BCUT2D eigenvalue weighted by molar-refractivity contribution is 5.91. The van der Waals surface area contributed by atoms with Crippen LogP contribution in [0.1, 0.15) is 39.0 Å². The monoisotopic (exact) mass is 227 g/mol. The van der Waals surface area contributed by atoms with E-state index in [2.05, 4.69) is 10.6 Å². The highest BCUT2D eigenvalue weighted by atomic mass is 16.2. The Morgan fingerprint density at radius 3 is 2.38 bits per heavy atom. The molecule has 4 N–H and O–H groups in total. The van der Waals surface area contributed by atoms with Crippen molar-refractivity contribution in [1.82, 2.24) is 10.6 Å². The van der Waals surface area contributed by atoms with E-state index in [1.807, 2.05) is 0 Å². The molecular weight excluding hydrogens is 206 g/mol. The molecular formula is C11H21N3O2. The molecule has 92 valence electrons. The van der Waals surface area contributed by atoms with Gasteiger partial charge >= 0.3 is 0 Å². The molecule has 0 aromatic rings. The number of amides is 2. The van der Waals surface area contributed by atoms with Gasteiger partial charge in [0.1, 0.15) is 5.54 Å². The second kappa shape index (κ2) is 5.84. The maximum absolute atomic E-state index is 12.0. The van der Waals surface area contributed by atoms with E-state index in [0.29, 0.717) is 13.1 Å². The molecule has 0 saturated heterocycles. The molecule has 1 fully saturated rings. The van der Waals surface area contributed by atoms with E-state index in [-0.39, 0.29) is 11.8 Å². The third-order valence-corrected chi connectivity index (χ3v) is 2.99. The second-order valence-electron chi connectivity index (χ2n) is 4.37. The van der Waals surface area contributed by atoms with Gasteiger partial charge in [-0.15, -0.1) is 0 Å². The predicted octanol–water partition coefficient (Wildman–Crippen LogP) is -0.0997. The number of nitrogens with one attached hydrogen (secondary N) is 2. The Labute approximate surface area is 96.1 Å². The topological polar surface area (TPSA) is 84.2 Å². The molecule has 0 atom stereocenters. The molecule has 0 aliphatic heterocycles. The molecule has 0 aromatic heterocycles. The molecule has 5 heteroatoms. The van der Waals surface area contributed by atoms with Crippen molar-refractivity contribution >= 4 is 11.8 Å². The first-order valence-electron chi connectivity index (χ1n) is 5.88. The Kier molecular flexibility index (Phi) is 4.73. The van der Waals surface area contributed by atoms with Gasteiger partial charge in [-0.2, -0.15) is 0 Å². The first-order chi connectivity index (χ1) is 7.60. The molecule has 1 rings (SSSR count). The van der Waals surface area contributed by atoms with Crippen molar-refractivity contribution in [1.29, 1.82) is 0 Å². The van der Waals surface area contributed by atoms with Gasteiger partial charge in [0.25, 0.3) is 0 Å². The average Bonchev–Trinajstić information content (AvgIpc) is 2.26. The number of carbonyl (C=O) groups is 2. The van der Waals surface area contributed by atoms with E-state index in [0.717, 1.165) is 32.1 Å². The van der Waals surface area contributed by atoms with Crippen LogP contribution in [0.15, 0.2) is 0 Å². The van der Waals surface area contributed by atoms with Gasteiger partial charge in [-0.25, -0.2) is 0 Å².